The van der Waals surface area contributed by atoms with E-state index in [2.05, 4.69) is 43.8 Å². The van der Waals surface area contributed by atoms with Gasteiger partial charge in [0.2, 0.25) is 0 Å². The van der Waals surface area contributed by atoms with Crippen molar-refractivity contribution in [3.8, 4) is 17.6 Å². The first-order chi connectivity index (χ1) is 13.5. The van der Waals surface area contributed by atoms with Crippen molar-refractivity contribution in [1.82, 2.24) is 0 Å². The minimum absolute atomic E-state index is 0.00314. The molecule has 7 heteroatoms. The van der Waals surface area contributed by atoms with E-state index >= 15 is 0 Å². The van der Waals surface area contributed by atoms with Crippen molar-refractivity contribution in [1.29, 1.82) is 5.26 Å². The third-order valence-corrected chi connectivity index (χ3v) is 4.89. The second-order valence-corrected chi connectivity index (χ2v) is 7.82. The summed E-state index contributed by atoms with van der Waals surface area (Å²) < 4.78 is 13.2. The Hall–Kier alpha value is -2.05. The predicted octanol–water partition coefficient (Wildman–Crippen LogP) is 5.79. The van der Waals surface area contributed by atoms with Crippen LogP contribution in [0, 0.1) is 14.9 Å². The van der Waals surface area contributed by atoms with Gasteiger partial charge in [0.1, 0.15) is 11.6 Å². The topological polar surface area (TPSA) is 71.3 Å². The number of hydrogen-bond acceptors (Lipinski definition) is 4. The molecule has 1 amide bonds. The molecule has 0 fully saturated rings. The lowest BCUT2D eigenvalue weighted by Crippen LogP contribution is -2.13. The fourth-order valence-corrected chi connectivity index (χ4v) is 3.37. The molecule has 0 aliphatic rings. The minimum atomic E-state index is -0.468. The van der Waals surface area contributed by atoms with Crippen LogP contribution in [-0.2, 0) is 4.79 Å². The zero-order valence-corrected chi connectivity index (χ0v) is 19.3. The highest BCUT2D eigenvalue weighted by Gasteiger charge is 2.14. The van der Waals surface area contributed by atoms with Crippen LogP contribution in [0.25, 0.3) is 6.08 Å². The van der Waals surface area contributed by atoms with Gasteiger partial charge >= 0.3 is 0 Å². The molecule has 28 heavy (non-hydrogen) atoms. The van der Waals surface area contributed by atoms with E-state index in [9.17, 15) is 10.1 Å². The van der Waals surface area contributed by atoms with Gasteiger partial charge in [-0.3, -0.25) is 4.79 Å². The van der Waals surface area contributed by atoms with Crippen molar-refractivity contribution in [2.75, 3.05) is 18.5 Å². The van der Waals surface area contributed by atoms with Gasteiger partial charge in [-0.15, -0.1) is 0 Å². The number of halogens is 2. The largest absolute Gasteiger partial charge is 0.490 e. The van der Waals surface area contributed by atoms with Crippen LogP contribution in [-0.4, -0.2) is 19.1 Å². The molecule has 0 bridgehead atoms. The molecule has 0 aromatic heterocycles. The second kappa shape index (κ2) is 11.1. The molecule has 0 unspecified atom stereocenters. The van der Waals surface area contributed by atoms with Crippen LogP contribution in [0.4, 0.5) is 5.69 Å². The maximum Gasteiger partial charge on any atom is 0.266 e. The predicted molar refractivity (Wildman–Crippen MR) is 122 cm³/mol. The summed E-state index contributed by atoms with van der Waals surface area (Å²) >= 11 is 5.51. The molecular weight excluding hydrogens is 535 g/mol. The summed E-state index contributed by atoms with van der Waals surface area (Å²) in [6.45, 7) is 5.00. The third-order valence-electron chi connectivity index (χ3n) is 3.56. The van der Waals surface area contributed by atoms with Gasteiger partial charge in [-0.1, -0.05) is 22.9 Å². The standard InChI is InChI=1S/C21H20BrIN2O3/c1-3-9-28-20-18(23)11-14(12-19(20)27-4-2)10-15(13-24)21(26)25-17-7-5-16(22)6-8-17/h5-8,10-12H,3-4,9H2,1-2H3,(H,25,26)/b15-10+. The number of ether oxygens (including phenoxy) is 2. The zero-order chi connectivity index (χ0) is 20.5. The average molecular weight is 555 g/mol. The fourth-order valence-electron chi connectivity index (χ4n) is 2.33. The van der Waals surface area contributed by atoms with Gasteiger partial charge in [0.05, 0.1) is 16.8 Å². The lowest BCUT2D eigenvalue weighted by atomic mass is 10.1. The number of nitriles is 1. The number of carbonyl (C=O) groups excluding carboxylic acids is 1. The lowest BCUT2D eigenvalue weighted by molar-refractivity contribution is -0.112. The molecule has 0 aliphatic carbocycles. The fraction of sp³-hybridized carbons (Fsp3) is 0.238. The van der Waals surface area contributed by atoms with Crippen molar-refractivity contribution in [3.63, 3.8) is 0 Å². The Morgan fingerprint density at radius 3 is 2.57 bits per heavy atom. The molecule has 146 valence electrons. The van der Waals surface area contributed by atoms with Crippen LogP contribution in [0.2, 0.25) is 0 Å². The van der Waals surface area contributed by atoms with E-state index in [0.29, 0.717) is 36.0 Å². The average Bonchev–Trinajstić information content (AvgIpc) is 2.67. The normalized spacial score (nSPS) is 10.9. The number of rotatable bonds is 8. The van der Waals surface area contributed by atoms with Gasteiger partial charge in [0, 0.05) is 10.2 Å². The molecule has 0 radical (unpaired) electrons. The van der Waals surface area contributed by atoms with E-state index in [1.165, 1.54) is 0 Å². The summed E-state index contributed by atoms with van der Waals surface area (Å²) in [6, 6.07) is 12.8. The number of nitrogens with one attached hydrogen (secondary N) is 1. The Bertz CT molecular complexity index is 905. The van der Waals surface area contributed by atoms with Crippen LogP contribution < -0.4 is 14.8 Å². The Morgan fingerprint density at radius 2 is 1.96 bits per heavy atom. The van der Waals surface area contributed by atoms with Crippen molar-refractivity contribution in [2.45, 2.75) is 20.3 Å². The molecule has 0 saturated carbocycles. The summed E-state index contributed by atoms with van der Waals surface area (Å²) in [4.78, 5) is 12.5. The van der Waals surface area contributed by atoms with Crippen LogP contribution in [0.3, 0.4) is 0 Å². The summed E-state index contributed by atoms with van der Waals surface area (Å²) in [5, 5.41) is 12.2. The van der Waals surface area contributed by atoms with E-state index in [-0.39, 0.29) is 5.57 Å². The van der Waals surface area contributed by atoms with Gasteiger partial charge in [-0.2, -0.15) is 5.26 Å². The van der Waals surface area contributed by atoms with Crippen LogP contribution in [0.15, 0.2) is 46.4 Å². The molecule has 1 N–H and O–H groups in total. The minimum Gasteiger partial charge on any atom is -0.490 e. The molecule has 0 saturated heterocycles. The van der Waals surface area contributed by atoms with E-state index in [1.54, 1.807) is 24.3 Å². The maximum absolute atomic E-state index is 12.5. The SMILES string of the molecule is CCCOc1c(I)cc(/C=C(\C#N)C(=O)Nc2ccc(Br)cc2)cc1OCC. The van der Waals surface area contributed by atoms with Gasteiger partial charge in [-0.25, -0.2) is 0 Å². The van der Waals surface area contributed by atoms with Crippen LogP contribution >= 0.6 is 38.5 Å². The van der Waals surface area contributed by atoms with Crippen LogP contribution in [0.5, 0.6) is 11.5 Å². The molecule has 2 aromatic rings. The summed E-state index contributed by atoms with van der Waals surface area (Å²) in [5.74, 6) is 0.808. The van der Waals surface area contributed by atoms with Crippen molar-refractivity contribution >= 4 is 56.2 Å². The lowest BCUT2D eigenvalue weighted by Gasteiger charge is -2.14. The quantitative estimate of drug-likeness (QED) is 0.255. The van der Waals surface area contributed by atoms with Crippen molar-refractivity contribution in [3.05, 3.63) is 55.6 Å². The first kappa shape index (κ1) is 22.2. The Balaban J connectivity index is 2.30. The Labute approximate surface area is 187 Å². The molecule has 0 heterocycles. The van der Waals surface area contributed by atoms with Gasteiger partial charge in [0.15, 0.2) is 11.5 Å². The Kier molecular flexibility index (Phi) is 8.80. The highest BCUT2D eigenvalue weighted by atomic mass is 127. The molecule has 0 aliphatic heterocycles. The molecule has 2 aromatic carbocycles. The monoisotopic (exact) mass is 554 g/mol. The van der Waals surface area contributed by atoms with Gasteiger partial charge < -0.3 is 14.8 Å². The van der Waals surface area contributed by atoms with E-state index in [0.717, 1.165) is 14.5 Å². The first-order valence-corrected chi connectivity index (χ1v) is 10.6. The smallest absolute Gasteiger partial charge is 0.266 e. The number of benzene rings is 2. The summed E-state index contributed by atoms with van der Waals surface area (Å²) in [6.07, 6.45) is 2.43. The van der Waals surface area contributed by atoms with E-state index in [1.807, 2.05) is 38.1 Å². The number of nitrogens with zero attached hydrogens (tertiary/aromatic N) is 1. The number of amides is 1. The highest BCUT2D eigenvalue weighted by molar-refractivity contribution is 14.1. The highest BCUT2D eigenvalue weighted by Crippen LogP contribution is 2.35. The number of carbonyl (C=O) groups is 1. The van der Waals surface area contributed by atoms with Crippen molar-refractivity contribution < 1.29 is 14.3 Å². The summed E-state index contributed by atoms with van der Waals surface area (Å²) in [5.41, 5.74) is 1.31. The van der Waals surface area contributed by atoms with Gasteiger partial charge in [-0.05, 0) is 84.0 Å². The summed E-state index contributed by atoms with van der Waals surface area (Å²) in [7, 11) is 0. The molecule has 5 nitrogen and oxygen atoms in total. The maximum atomic E-state index is 12.5. The molecule has 2 rings (SSSR count). The van der Waals surface area contributed by atoms with Gasteiger partial charge in [0.25, 0.3) is 5.91 Å². The Morgan fingerprint density at radius 1 is 1.25 bits per heavy atom. The number of hydrogen-bond donors (Lipinski definition) is 1. The molecule has 0 atom stereocenters. The third kappa shape index (κ3) is 6.24. The second-order valence-electron chi connectivity index (χ2n) is 5.74. The first-order valence-electron chi connectivity index (χ1n) is 8.76. The van der Waals surface area contributed by atoms with E-state index in [4.69, 9.17) is 9.47 Å². The zero-order valence-electron chi connectivity index (χ0n) is 15.6. The van der Waals surface area contributed by atoms with Crippen molar-refractivity contribution in [2.24, 2.45) is 0 Å². The van der Waals surface area contributed by atoms with E-state index < -0.39 is 5.91 Å². The van der Waals surface area contributed by atoms with Crippen LogP contribution in [0.1, 0.15) is 25.8 Å². The number of anilines is 1. The molecule has 0 spiro atoms. The molecular formula is C21H20BrIN2O3.